The van der Waals surface area contributed by atoms with Crippen molar-refractivity contribution in [2.45, 2.75) is 56.9 Å². The second-order valence-electron chi connectivity index (χ2n) is 7.13. The van der Waals surface area contributed by atoms with Crippen LogP contribution in [0.1, 0.15) is 56.9 Å². The summed E-state index contributed by atoms with van der Waals surface area (Å²) in [5, 5.41) is 3.22. The van der Waals surface area contributed by atoms with Crippen molar-refractivity contribution in [3.8, 4) is 0 Å². The number of hydrogen-bond acceptors (Lipinski definition) is 1. The van der Waals surface area contributed by atoms with Crippen LogP contribution in [0.3, 0.4) is 0 Å². The Kier molecular flexibility index (Phi) is 6.01. The molecule has 3 heteroatoms. The van der Waals surface area contributed by atoms with Crippen LogP contribution in [-0.2, 0) is 4.79 Å². The number of likely N-dealkylation sites (N-methyl/N-ethyl adjacent to an activating group) is 1. The van der Waals surface area contributed by atoms with Crippen LogP contribution in [0.2, 0.25) is 0 Å². The third-order valence-corrected chi connectivity index (χ3v) is 5.36. The summed E-state index contributed by atoms with van der Waals surface area (Å²) >= 11 is 0. The fourth-order valence-corrected chi connectivity index (χ4v) is 3.60. The Morgan fingerprint density at radius 2 is 1.82 bits per heavy atom. The van der Waals surface area contributed by atoms with Crippen LogP contribution in [0.5, 0.6) is 0 Å². The second-order valence-corrected chi connectivity index (χ2v) is 7.13. The highest BCUT2D eigenvalue weighted by Crippen LogP contribution is 2.25. The number of benzene rings is 1. The molecule has 1 aliphatic carbocycles. The van der Waals surface area contributed by atoms with Crippen molar-refractivity contribution in [3.05, 3.63) is 35.9 Å². The lowest BCUT2D eigenvalue weighted by Gasteiger charge is -2.39. The molecule has 0 bridgehead atoms. The Hall–Kier alpha value is -1.35. The lowest BCUT2D eigenvalue weighted by Crippen LogP contribution is -3.16. The molecule has 122 valence electrons. The molecule has 0 unspecified atom stereocenters. The van der Waals surface area contributed by atoms with Crippen molar-refractivity contribution < 1.29 is 9.69 Å². The van der Waals surface area contributed by atoms with Crippen molar-refractivity contribution in [2.24, 2.45) is 0 Å². The zero-order valence-electron chi connectivity index (χ0n) is 14.3. The molecule has 1 atom stereocenters. The Balaban J connectivity index is 1.86. The molecule has 2 N–H and O–H groups in total. The van der Waals surface area contributed by atoms with Gasteiger partial charge in [0.15, 0.2) is 0 Å². The predicted molar refractivity (Wildman–Crippen MR) is 91.1 cm³/mol. The van der Waals surface area contributed by atoms with Gasteiger partial charge in [0.05, 0.1) is 20.6 Å². The molecule has 1 fully saturated rings. The van der Waals surface area contributed by atoms with Gasteiger partial charge < -0.3 is 10.2 Å². The van der Waals surface area contributed by atoms with Gasteiger partial charge in [-0.1, -0.05) is 43.7 Å². The minimum Gasteiger partial charge on any atom is -0.350 e. The van der Waals surface area contributed by atoms with Crippen molar-refractivity contribution in [1.29, 1.82) is 0 Å². The number of nitrogens with one attached hydrogen (secondary N) is 2. The van der Waals surface area contributed by atoms with Gasteiger partial charge in [-0.15, -0.1) is 0 Å². The topological polar surface area (TPSA) is 33.5 Å². The van der Waals surface area contributed by atoms with Crippen LogP contribution in [0.4, 0.5) is 0 Å². The SMILES string of the molecule is C[C@@H](CC(=O)NCC1([NH+](C)C)CCCCC1)c1ccccc1. The van der Waals surface area contributed by atoms with Gasteiger partial charge in [0.25, 0.3) is 0 Å². The Morgan fingerprint density at radius 1 is 1.18 bits per heavy atom. The molecule has 1 aromatic rings. The van der Waals surface area contributed by atoms with E-state index in [1.807, 2.05) is 18.2 Å². The summed E-state index contributed by atoms with van der Waals surface area (Å²) in [7, 11) is 4.45. The fourth-order valence-electron chi connectivity index (χ4n) is 3.60. The summed E-state index contributed by atoms with van der Waals surface area (Å²) in [4.78, 5) is 13.8. The highest BCUT2D eigenvalue weighted by molar-refractivity contribution is 5.76. The second kappa shape index (κ2) is 7.77. The zero-order valence-corrected chi connectivity index (χ0v) is 14.3. The predicted octanol–water partition coefficient (Wildman–Crippen LogP) is 2.14. The monoisotopic (exact) mass is 303 g/mol. The van der Waals surface area contributed by atoms with E-state index in [4.69, 9.17) is 0 Å². The van der Waals surface area contributed by atoms with Crippen LogP contribution in [0, 0.1) is 0 Å². The molecule has 0 aromatic heterocycles. The zero-order chi connectivity index (χ0) is 16.0. The minimum atomic E-state index is 0.183. The molecule has 1 aliphatic rings. The first-order valence-electron chi connectivity index (χ1n) is 8.66. The molecular formula is C19H31N2O+. The Bertz CT molecular complexity index is 464. The van der Waals surface area contributed by atoms with Gasteiger partial charge >= 0.3 is 0 Å². The average molecular weight is 303 g/mol. The van der Waals surface area contributed by atoms with Crippen LogP contribution in [-0.4, -0.2) is 32.1 Å². The third-order valence-electron chi connectivity index (χ3n) is 5.36. The third kappa shape index (κ3) is 4.33. The highest BCUT2D eigenvalue weighted by Gasteiger charge is 2.38. The van der Waals surface area contributed by atoms with Gasteiger partial charge in [0, 0.05) is 19.3 Å². The maximum atomic E-state index is 12.3. The quantitative estimate of drug-likeness (QED) is 0.829. The van der Waals surface area contributed by atoms with Crippen molar-refractivity contribution in [3.63, 3.8) is 0 Å². The number of rotatable bonds is 6. The lowest BCUT2D eigenvalue weighted by atomic mass is 9.80. The van der Waals surface area contributed by atoms with E-state index >= 15 is 0 Å². The average Bonchev–Trinajstić information content (AvgIpc) is 2.54. The van der Waals surface area contributed by atoms with E-state index in [0.717, 1.165) is 6.54 Å². The summed E-state index contributed by atoms with van der Waals surface area (Å²) in [6.07, 6.45) is 6.95. The van der Waals surface area contributed by atoms with Crippen LogP contribution < -0.4 is 10.2 Å². The summed E-state index contributed by atoms with van der Waals surface area (Å²) in [5.41, 5.74) is 1.48. The molecule has 1 saturated carbocycles. The molecule has 22 heavy (non-hydrogen) atoms. The first-order valence-corrected chi connectivity index (χ1v) is 8.66. The molecule has 0 aliphatic heterocycles. The molecular weight excluding hydrogens is 272 g/mol. The van der Waals surface area contributed by atoms with Crippen LogP contribution in [0.15, 0.2) is 30.3 Å². The largest absolute Gasteiger partial charge is 0.350 e. The van der Waals surface area contributed by atoms with Gasteiger partial charge in [-0.2, -0.15) is 0 Å². The molecule has 2 rings (SSSR count). The first-order chi connectivity index (χ1) is 10.5. The van der Waals surface area contributed by atoms with E-state index in [-0.39, 0.29) is 17.4 Å². The van der Waals surface area contributed by atoms with E-state index in [2.05, 4.69) is 38.5 Å². The van der Waals surface area contributed by atoms with Gasteiger partial charge in [-0.3, -0.25) is 4.79 Å². The Morgan fingerprint density at radius 3 is 2.41 bits per heavy atom. The molecule has 0 radical (unpaired) electrons. The summed E-state index contributed by atoms with van der Waals surface area (Å²) in [6.45, 7) is 2.94. The number of carbonyl (C=O) groups is 1. The molecule has 3 nitrogen and oxygen atoms in total. The van der Waals surface area contributed by atoms with Gasteiger partial charge in [-0.25, -0.2) is 0 Å². The lowest BCUT2D eigenvalue weighted by molar-refractivity contribution is -0.916. The van der Waals surface area contributed by atoms with Gasteiger partial charge in [-0.05, 0) is 24.3 Å². The molecule has 1 aromatic carbocycles. The van der Waals surface area contributed by atoms with Gasteiger partial charge in [0.1, 0.15) is 5.54 Å². The van der Waals surface area contributed by atoms with E-state index in [1.165, 1.54) is 42.6 Å². The van der Waals surface area contributed by atoms with Gasteiger partial charge in [0.2, 0.25) is 5.91 Å². The van der Waals surface area contributed by atoms with Crippen molar-refractivity contribution in [1.82, 2.24) is 5.32 Å². The van der Waals surface area contributed by atoms with E-state index in [9.17, 15) is 4.79 Å². The number of carbonyl (C=O) groups excluding carboxylic acids is 1. The molecule has 1 amide bonds. The summed E-state index contributed by atoms with van der Waals surface area (Å²) < 4.78 is 0. The van der Waals surface area contributed by atoms with E-state index in [1.54, 1.807) is 0 Å². The Labute approximate surface area is 135 Å². The molecule has 0 heterocycles. The fraction of sp³-hybridized carbons (Fsp3) is 0.632. The summed E-state index contributed by atoms with van der Waals surface area (Å²) in [5.74, 6) is 0.456. The minimum absolute atomic E-state index is 0.183. The normalized spacial score (nSPS) is 18.9. The van der Waals surface area contributed by atoms with Crippen molar-refractivity contribution in [2.75, 3.05) is 20.6 Å². The molecule has 0 saturated heterocycles. The number of quaternary nitrogens is 1. The van der Waals surface area contributed by atoms with Crippen LogP contribution >= 0.6 is 0 Å². The number of hydrogen-bond donors (Lipinski definition) is 2. The van der Waals surface area contributed by atoms with E-state index in [0.29, 0.717) is 6.42 Å². The smallest absolute Gasteiger partial charge is 0.220 e. The maximum absolute atomic E-state index is 12.3. The van der Waals surface area contributed by atoms with E-state index < -0.39 is 0 Å². The van der Waals surface area contributed by atoms with Crippen LogP contribution in [0.25, 0.3) is 0 Å². The van der Waals surface area contributed by atoms with Crippen molar-refractivity contribution >= 4 is 5.91 Å². The number of amides is 1. The summed E-state index contributed by atoms with van der Waals surface area (Å²) in [6, 6.07) is 10.3. The maximum Gasteiger partial charge on any atom is 0.220 e. The standard InChI is InChI=1S/C19H30N2O/c1-16(17-10-6-4-7-11-17)14-18(22)20-15-19(21(2)3)12-8-5-9-13-19/h4,6-7,10-11,16H,5,8-9,12-15H2,1-3H3,(H,20,22)/p+1/t16-/m0/s1. The first kappa shape index (κ1) is 17.0. The highest BCUT2D eigenvalue weighted by atomic mass is 16.1. The molecule has 0 spiro atoms.